The Morgan fingerprint density at radius 3 is 2.45 bits per heavy atom. The number of piperidine rings is 1. The molecule has 5 amide bonds. The molecule has 2 heterocycles. The lowest BCUT2D eigenvalue weighted by molar-refractivity contribution is -0.119. The van der Waals surface area contributed by atoms with Gasteiger partial charge >= 0.3 is 12.1 Å². The zero-order valence-electron chi connectivity index (χ0n) is 22.1. The van der Waals surface area contributed by atoms with E-state index in [2.05, 4.69) is 32.9 Å². The quantitative estimate of drug-likeness (QED) is 0.395. The predicted octanol–water partition coefficient (Wildman–Crippen LogP) is 4.60. The number of nitrogens with zero attached hydrogens (tertiary/aromatic N) is 3. The number of ether oxygens (including phenoxy) is 1. The van der Waals surface area contributed by atoms with Crippen molar-refractivity contribution in [3.63, 3.8) is 0 Å². The van der Waals surface area contributed by atoms with Crippen molar-refractivity contribution >= 4 is 29.5 Å². The van der Waals surface area contributed by atoms with Gasteiger partial charge in [-0.1, -0.05) is 12.1 Å². The monoisotopic (exact) mass is 552 g/mol. The van der Waals surface area contributed by atoms with Crippen molar-refractivity contribution in [3.8, 4) is 11.5 Å². The lowest BCUT2D eigenvalue weighted by Crippen LogP contribution is -2.46. The Morgan fingerprint density at radius 2 is 1.75 bits per heavy atom. The normalized spacial score (nSPS) is 13.8. The molecule has 1 aliphatic heterocycles. The molecule has 0 atom stereocenters. The van der Waals surface area contributed by atoms with Gasteiger partial charge in [-0.15, -0.1) is 0 Å². The summed E-state index contributed by atoms with van der Waals surface area (Å²) < 4.78 is 33.3. The molecule has 0 radical (unpaired) electrons. The lowest BCUT2D eigenvalue weighted by atomic mass is 10.0. The maximum Gasteiger partial charge on any atom is 0.325 e. The van der Waals surface area contributed by atoms with Crippen molar-refractivity contribution in [2.75, 3.05) is 37.8 Å². The van der Waals surface area contributed by atoms with Gasteiger partial charge in [-0.05, 0) is 68.9 Å². The van der Waals surface area contributed by atoms with Gasteiger partial charge in [0.2, 0.25) is 5.91 Å². The van der Waals surface area contributed by atoms with E-state index in [1.807, 2.05) is 0 Å². The average molecular weight is 553 g/mol. The van der Waals surface area contributed by atoms with Crippen LogP contribution in [0.3, 0.4) is 0 Å². The Balaban J connectivity index is 1.30. The fourth-order valence-electron chi connectivity index (χ4n) is 4.20. The number of imide groups is 1. The van der Waals surface area contributed by atoms with Gasteiger partial charge in [0.25, 0.3) is 0 Å². The summed E-state index contributed by atoms with van der Waals surface area (Å²) in [5.41, 5.74) is 0.624. The second kappa shape index (κ2) is 13.0. The number of carbonyl (C=O) groups excluding carboxylic acids is 3. The molecular formula is C28H30F2N6O4. The molecule has 3 aromatic rings. The molecular weight excluding hydrogens is 522 g/mol. The van der Waals surface area contributed by atoms with Crippen LogP contribution in [0.4, 0.5) is 29.9 Å². The molecule has 1 aromatic heterocycles. The first-order valence-corrected chi connectivity index (χ1v) is 12.7. The Morgan fingerprint density at radius 1 is 1.02 bits per heavy atom. The second-order valence-electron chi connectivity index (χ2n) is 9.51. The molecule has 3 N–H and O–H groups in total. The number of nitrogens with one attached hydrogen (secondary N) is 3. The number of hydrogen-bond donors (Lipinski definition) is 3. The number of halogens is 2. The average Bonchev–Trinajstić information content (AvgIpc) is 2.91. The molecule has 2 aromatic carbocycles. The zero-order valence-corrected chi connectivity index (χ0v) is 22.1. The summed E-state index contributed by atoms with van der Waals surface area (Å²) in [6.45, 7) is 1.84. The molecule has 0 spiro atoms. The van der Waals surface area contributed by atoms with Crippen molar-refractivity contribution in [2.45, 2.75) is 25.3 Å². The summed E-state index contributed by atoms with van der Waals surface area (Å²) in [7, 11) is 3.80. The van der Waals surface area contributed by atoms with E-state index in [1.54, 1.807) is 11.9 Å². The Bertz CT molecular complexity index is 1360. The third-order valence-electron chi connectivity index (χ3n) is 6.47. The first-order valence-electron chi connectivity index (χ1n) is 12.7. The SMILES string of the molecule is CN1CCC(N(C)C(=O)Nc2cc(Oc3ccc(NC(=O)NC(=O)Cc4ccc(F)cc4)cc3F)ccn2)CC1. The van der Waals surface area contributed by atoms with E-state index in [0.717, 1.165) is 32.0 Å². The molecule has 0 aliphatic carbocycles. The summed E-state index contributed by atoms with van der Waals surface area (Å²) in [6, 6.07) is 11.1. The van der Waals surface area contributed by atoms with Crippen LogP contribution in [0.1, 0.15) is 18.4 Å². The van der Waals surface area contributed by atoms with Crippen LogP contribution in [0.25, 0.3) is 0 Å². The van der Waals surface area contributed by atoms with Gasteiger partial charge in [0, 0.05) is 37.1 Å². The molecule has 0 unspecified atom stereocenters. The van der Waals surface area contributed by atoms with Crippen LogP contribution in [-0.2, 0) is 11.2 Å². The number of urea groups is 2. The topological polar surface area (TPSA) is 116 Å². The lowest BCUT2D eigenvalue weighted by Gasteiger charge is -2.34. The third kappa shape index (κ3) is 7.96. The van der Waals surface area contributed by atoms with Crippen molar-refractivity contribution in [1.82, 2.24) is 20.1 Å². The van der Waals surface area contributed by atoms with E-state index in [0.29, 0.717) is 5.56 Å². The maximum atomic E-state index is 14.7. The largest absolute Gasteiger partial charge is 0.454 e. The zero-order chi connectivity index (χ0) is 28.6. The van der Waals surface area contributed by atoms with E-state index in [-0.39, 0.29) is 41.5 Å². The van der Waals surface area contributed by atoms with E-state index in [9.17, 15) is 23.2 Å². The van der Waals surface area contributed by atoms with Crippen molar-refractivity contribution < 1.29 is 27.9 Å². The van der Waals surface area contributed by atoms with Gasteiger partial charge in [-0.25, -0.2) is 23.4 Å². The smallest absolute Gasteiger partial charge is 0.325 e. The number of pyridine rings is 1. The summed E-state index contributed by atoms with van der Waals surface area (Å²) in [6.07, 6.45) is 3.07. The van der Waals surface area contributed by atoms with Gasteiger partial charge in [-0.3, -0.25) is 15.4 Å². The molecule has 10 nitrogen and oxygen atoms in total. The Kier molecular flexibility index (Phi) is 9.23. The minimum absolute atomic E-state index is 0.0940. The number of hydrogen-bond acceptors (Lipinski definition) is 6. The molecule has 0 saturated carbocycles. The van der Waals surface area contributed by atoms with Crippen molar-refractivity contribution in [3.05, 3.63) is 78.0 Å². The maximum absolute atomic E-state index is 14.7. The van der Waals surface area contributed by atoms with Crippen molar-refractivity contribution in [2.24, 2.45) is 0 Å². The first-order chi connectivity index (χ1) is 19.2. The van der Waals surface area contributed by atoms with E-state index in [4.69, 9.17) is 4.74 Å². The Hall–Kier alpha value is -4.58. The standard InChI is InChI=1S/C28H30F2N6O4/c1-35-13-10-21(11-14-35)36(2)28(39)33-25-17-22(9-12-31-25)40-24-8-7-20(16-23(24)30)32-27(38)34-26(37)15-18-3-5-19(29)6-4-18/h3-9,12,16-17,21H,10-11,13-15H2,1-2H3,(H,31,33,39)(H2,32,34,37,38). The van der Waals surface area contributed by atoms with Crippen LogP contribution in [0, 0.1) is 11.6 Å². The highest BCUT2D eigenvalue weighted by Crippen LogP contribution is 2.28. The third-order valence-corrected chi connectivity index (χ3v) is 6.47. The Labute approximate surface area is 230 Å². The molecule has 40 heavy (non-hydrogen) atoms. The highest BCUT2D eigenvalue weighted by Gasteiger charge is 2.24. The molecule has 1 aliphatic rings. The van der Waals surface area contributed by atoms with Gasteiger partial charge in [0.1, 0.15) is 17.4 Å². The number of anilines is 2. The van der Waals surface area contributed by atoms with Crippen LogP contribution in [0.5, 0.6) is 11.5 Å². The summed E-state index contributed by atoms with van der Waals surface area (Å²) in [4.78, 5) is 44.9. The van der Waals surface area contributed by atoms with E-state index < -0.39 is 23.6 Å². The van der Waals surface area contributed by atoms with Gasteiger partial charge in [0.05, 0.1) is 6.42 Å². The highest BCUT2D eigenvalue weighted by atomic mass is 19.1. The molecule has 4 rings (SSSR count). The summed E-state index contributed by atoms with van der Waals surface area (Å²) >= 11 is 0. The fraction of sp³-hybridized carbons (Fsp3) is 0.286. The molecule has 1 fully saturated rings. The van der Waals surface area contributed by atoms with Crippen LogP contribution in [0.2, 0.25) is 0 Å². The number of amides is 5. The van der Waals surface area contributed by atoms with Crippen molar-refractivity contribution in [1.29, 1.82) is 0 Å². The van der Waals surface area contributed by atoms with Crippen LogP contribution in [0.15, 0.2) is 60.8 Å². The predicted molar refractivity (Wildman–Crippen MR) is 145 cm³/mol. The summed E-state index contributed by atoms with van der Waals surface area (Å²) in [5, 5.41) is 7.26. The van der Waals surface area contributed by atoms with Gasteiger partial charge in [0.15, 0.2) is 11.6 Å². The summed E-state index contributed by atoms with van der Waals surface area (Å²) in [5.74, 6) is -1.43. The molecule has 0 bridgehead atoms. The van der Waals surface area contributed by atoms with E-state index >= 15 is 0 Å². The first kappa shape index (κ1) is 28.4. The molecule has 210 valence electrons. The second-order valence-corrected chi connectivity index (χ2v) is 9.51. The number of aromatic nitrogens is 1. The number of carbonyl (C=O) groups is 3. The van der Waals surface area contributed by atoms with Crippen LogP contribution < -0.4 is 20.7 Å². The highest BCUT2D eigenvalue weighted by molar-refractivity contribution is 6.01. The number of rotatable bonds is 7. The van der Waals surface area contributed by atoms with E-state index in [1.165, 1.54) is 54.7 Å². The van der Waals surface area contributed by atoms with Gasteiger partial charge in [-0.2, -0.15) is 0 Å². The van der Waals surface area contributed by atoms with Crippen LogP contribution >= 0.6 is 0 Å². The molecule has 1 saturated heterocycles. The fourth-order valence-corrected chi connectivity index (χ4v) is 4.20. The molecule has 12 heteroatoms. The minimum atomic E-state index is -0.847. The number of benzene rings is 2. The number of likely N-dealkylation sites (tertiary alicyclic amines) is 1. The van der Waals surface area contributed by atoms with Gasteiger partial charge < -0.3 is 19.9 Å². The van der Waals surface area contributed by atoms with Crippen LogP contribution in [-0.4, -0.2) is 66.0 Å². The minimum Gasteiger partial charge on any atom is -0.454 e.